The van der Waals surface area contributed by atoms with Crippen LogP contribution in [0.25, 0.3) is 0 Å². The van der Waals surface area contributed by atoms with Gasteiger partial charge in [-0.25, -0.2) is 0 Å². The van der Waals surface area contributed by atoms with Gasteiger partial charge in [0, 0.05) is 12.0 Å². The molecule has 118 valence electrons. The maximum atomic E-state index is 12.9. The molecule has 0 radical (unpaired) electrons. The highest BCUT2D eigenvalue weighted by Gasteiger charge is 2.50. The third kappa shape index (κ3) is 2.62. The van der Waals surface area contributed by atoms with Crippen LogP contribution in [0.3, 0.4) is 0 Å². The summed E-state index contributed by atoms with van der Waals surface area (Å²) in [5.74, 6) is 4.68. The van der Waals surface area contributed by atoms with Gasteiger partial charge in [-0.05, 0) is 94.5 Å². The summed E-state index contributed by atoms with van der Waals surface area (Å²) in [4.78, 5) is 12.9. The maximum absolute atomic E-state index is 12.9. The highest BCUT2D eigenvalue weighted by Crippen LogP contribution is 2.56. The lowest BCUT2D eigenvalue weighted by molar-refractivity contribution is -0.139. The molecule has 5 rings (SSSR count). The first-order chi connectivity index (χ1) is 10.2. The Morgan fingerprint density at radius 2 is 1.76 bits per heavy atom. The number of piperidine rings is 1. The Hall–Kier alpha value is -0.570. The van der Waals surface area contributed by atoms with Crippen LogP contribution < -0.4 is 10.6 Å². The van der Waals surface area contributed by atoms with E-state index in [1.54, 1.807) is 0 Å². The molecule has 0 aromatic carbocycles. The first-order valence-electron chi connectivity index (χ1n) is 9.21. The molecule has 1 saturated heterocycles. The third-order valence-electron chi connectivity index (χ3n) is 6.94. The fraction of sp³-hybridized carbons (Fsp3) is 0.944. The smallest absolute Gasteiger partial charge is 0.223 e. The standard InChI is InChI=1S/C18H30N2O/c1-11(14-3-2-4-19-10-14)20-18(21)17-15-6-12-5-13(8-15)9-16(17)7-12/h11-17,19H,2-10H2,1H3,(H,20,21). The van der Waals surface area contributed by atoms with Crippen LogP contribution in [0, 0.1) is 35.5 Å². The normalized spacial score (nSPS) is 46.3. The Balaban J connectivity index is 1.38. The van der Waals surface area contributed by atoms with Crippen molar-refractivity contribution in [2.75, 3.05) is 13.1 Å². The molecule has 5 aliphatic rings. The number of carbonyl (C=O) groups excluding carboxylic acids is 1. The van der Waals surface area contributed by atoms with E-state index < -0.39 is 0 Å². The van der Waals surface area contributed by atoms with Crippen LogP contribution in [0.4, 0.5) is 0 Å². The molecule has 3 heteroatoms. The largest absolute Gasteiger partial charge is 0.353 e. The Labute approximate surface area is 128 Å². The molecule has 3 nitrogen and oxygen atoms in total. The van der Waals surface area contributed by atoms with E-state index >= 15 is 0 Å². The summed E-state index contributed by atoms with van der Waals surface area (Å²) in [6, 6.07) is 0.336. The fourth-order valence-electron chi connectivity index (χ4n) is 6.10. The molecule has 0 spiro atoms. The Kier molecular flexibility index (Phi) is 3.72. The van der Waals surface area contributed by atoms with Crippen molar-refractivity contribution in [3.8, 4) is 0 Å². The molecular weight excluding hydrogens is 260 g/mol. The van der Waals surface area contributed by atoms with Gasteiger partial charge in [0.25, 0.3) is 0 Å². The molecule has 4 aliphatic carbocycles. The van der Waals surface area contributed by atoms with Crippen molar-refractivity contribution in [3.05, 3.63) is 0 Å². The van der Waals surface area contributed by atoms with Crippen LogP contribution in [-0.2, 0) is 4.79 Å². The lowest BCUT2D eigenvalue weighted by Gasteiger charge is -2.53. The van der Waals surface area contributed by atoms with Crippen LogP contribution >= 0.6 is 0 Å². The predicted octanol–water partition coefficient (Wildman–Crippen LogP) is 2.56. The molecule has 2 atom stereocenters. The van der Waals surface area contributed by atoms with Crippen molar-refractivity contribution in [2.24, 2.45) is 35.5 Å². The summed E-state index contributed by atoms with van der Waals surface area (Å²) in [5, 5.41) is 6.87. The van der Waals surface area contributed by atoms with Crippen LogP contribution in [0.5, 0.6) is 0 Å². The molecule has 4 bridgehead atoms. The molecule has 1 aliphatic heterocycles. The van der Waals surface area contributed by atoms with Crippen molar-refractivity contribution < 1.29 is 4.79 Å². The molecule has 0 aromatic rings. The molecule has 1 amide bonds. The van der Waals surface area contributed by atoms with Crippen LogP contribution in [-0.4, -0.2) is 25.0 Å². The molecule has 4 saturated carbocycles. The van der Waals surface area contributed by atoms with E-state index in [4.69, 9.17) is 0 Å². The van der Waals surface area contributed by atoms with E-state index in [0.717, 1.165) is 24.9 Å². The monoisotopic (exact) mass is 290 g/mol. The average Bonchev–Trinajstić information content (AvgIpc) is 2.47. The summed E-state index contributed by atoms with van der Waals surface area (Å²) in [5.41, 5.74) is 0. The van der Waals surface area contributed by atoms with E-state index in [2.05, 4.69) is 17.6 Å². The molecule has 1 heterocycles. The van der Waals surface area contributed by atoms with Gasteiger partial charge in [-0.2, -0.15) is 0 Å². The second-order valence-electron chi connectivity index (χ2n) is 8.36. The van der Waals surface area contributed by atoms with Crippen LogP contribution in [0.15, 0.2) is 0 Å². The summed E-state index contributed by atoms with van der Waals surface area (Å²) < 4.78 is 0. The van der Waals surface area contributed by atoms with Crippen molar-refractivity contribution in [1.82, 2.24) is 10.6 Å². The maximum Gasteiger partial charge on any atom is 0.223 e. The summed E-state index contributed by atoms with van der Waals surface area (Å²) in [7, 11) is 0. The number of amides is 1. The molecule has 0 aromatic heterocycles. The van der Waals surface area contributed by atoms with E-state index in [1.165, 1.54) is 44.9 Å². The fourth-order valence-corrected chi connectivity index (χ4v) is 6.10. The molecule has 2 unspecified atom stereocenters. The minimum atomic E-state index is 0.336. The van der Waals surface area contributed by atoms with Gasteiger partial charge in [0.05, 0.1) is 0 Å². The quantitative estimate of drug-likeness (QED) is 0.839. The van der Waals surface area contributed by atoms with E-state index in [-0.39, 0.29) is 0 Å². The number of hydrogen-bond donors (Lipinski definition) is 2. The first-order valence-corrected chi connectivity index (χ1v) is 9.21. The predicted molar refractivity (Wildman–Crippen MR) is 83.7 cm³/mol. The Bertz CT molecular complexity index is 374. The Morgan fingerprint density at radius 1 is 1.10 bits per heavy atom. The van der Waals surface area contributed by atoms with Crippen LogP contribution in [0.1, 0.15) is 51.9 Å². The lowest BCUT2D eigenvalue weighted by atomic mass is 9.51. The van der Waals surface area contributed by atoms with Crippen molar-refractivity contribution >= 4 is 5.91 Å². The van der Waals surface area contributed by atoms with Gasteiger partial charge >= 0.3 is 0 Å². The van der Waals surface area contributed by atoms with E-state index in [1.807, 2.05) is 0 Å². The van der Waals surface area contributed by atoms with Crippen LogP contribution in [0.2, 0.25) is 0 Å². The molecule has 21 heavy (non-hydrogen) atoms. The molecule has 5 fully saturated rings. The number of carbonyl (C=O) groups is 1. The van der Waals surface area contributed by atoms with Gasteiger partial charge in [0.2, 0.25) is 5.91 Å². The zero-order chi connectivity index (χ0) is 14.4. The van der Waals surface area contributed by atoms with Crippen molar-refractivity contribution in [3.63, 3.8) is 0 Å². The minimum absolute atomic E-state index is 0.336. The zero-order valence-corrected chi connectivity index (χ0v) is 13.3. The van der Waals surface area contributed by atoms with Gasteiger partial charge in [-0.3, -0.25) is 4.79 Å². The van der Waals surface area contributed by atoms with E-state index in [9.17, 15) is 4.79 Å². The lowest BCUT2D eigenvalue weighted by Crippen LogP contribution is -2.54. The Morgan fingerprint density at radius 3 is 2.33 bits per heavy atom. The minimum Gasteiger partial charge on any atom is -0.353 e. The number of nitrogens with one attached hydrogen (secondary N) is 2. The van der Waals surface area contributed by atoms with Gasteiger partial charge in [-0.15, -0.1) is 0 Å². The first kappa shape index (κ1) is 14.0. The number of rotatable bonds is 3. The zero-order valence-electron chi connectivity index (χ0n) is 13.3. The average molecular weight is 290 g/mol. The van der Waals surface area contributed by atoms with Gasteiger partial charge < -0.3 is 10.6 Å². The van der Waals surface area contributed by atoms with Gasteiger partial charge in [-0.1, -0.05) is 0 Å². The molecular formula is C18H30N2O. The SMILES string of the molecule is CC(NC(=O)C1C2CC3CC(C2)CC1C3)C1CCCNC1. The summed E-state index contributed by atoms with van der Waals surface area (Å²) >= 11 is 0. The van der Waals surface area contributed by atoms with Crippen molar-refractivity contribution in [2.45, 2.75) is 57.9 Å². The second-order valence-corrected chi connectivity index (χ2v) is 8.36. The summed E-state index contributed by atoms with van der Waals surface area (Å²) in [6.07, 6.45) is 9.33. The van der Waals surface area contributed by atoms with Gasteiger partial charge in [0.15, 0.2) is 0 Å². The molecule has 2 N–H and O–H groups in total. The summed E-state index contributed by atoms with van der Waals surface area (Å²) in [6.45, 7) is 4.43. The topological polar surface area (TPSA) is 41.1 Å². The van der Waals surface area contributed by atoms with Gasteiger partial charge in [0.1, 0.15) is 0 Å². The van der Waals surface area contributed by atoms with E-state index in [0.29, 0.717) is 35.6 Å². The highest BCUT2D eigenvalue weighted by molar-refractivity contribution is 5.80. The number of hydrogen-bond acceptors (Lipinski definition) is 2. The third-order valence-corrected chi connectivity index (χ3v) is 6.94. The highest BCUT2D eigenvalue weighted by atomic mass is 16.2. The second kappa shape index (κ2) is 5.57. The van der Waals surface area contributed by atoms with Crippen molar-refractivity contribution in [1.29, 1.82) is 0 Å².